The van der Waals surface area contributed by atoms with Crippen LogP contribution in [0.4, 0.5) is 15.9 Å². The average Bonchev–Trinajstić information content (AvgIpc) is 3.09. The van der Waals surface area contributed by atoms with Gasteiger partial charge in [-0.05, 0) is 58.3 Å². The van der Waals surface area contributed by atoms with E-state index in [9.17, 15) is 9.60 Å². The van der Waals surface area contributed by atoms with Crippen molar-refractivity contribution in [2.45, 2.75) is 19.9 Å². The lowest BCUT2D eigenvalue weighted by atomic mass is 10.0. The van der Waals surface area contributed by atoms with Crippen molar-refractivity contribution in [3.63, 3.8) is 0 Å². The third kappa shape index (κ3) is 5.41. The van der Waals surface area contributed by atoms with Crippen LogP contribution in [-0.2, 0) is 0 Å². The fourth-order valence-corrected chi connectivity index (χ4v) is 3.72. The Labute approximate surface area is 174 Å². The molecule has 3 rings (SSSR count). The fourth-order valence-electron chi connectivity index (χ4n) is 2.42. The summed E-state index contributed by atoms with van der Waals surface area (Å²) in [6.45, 7) is 6.77. The van der Waals surface area contributed by atoms with Crippen molar-refractivity contribution >= 4 is 45.4 Å². The number of nitrogens with one attached hydrogen (secondary N) is 3. The van der Waals surface area contributed by atoms with E-state index in [4.69, 9.17) is 4.63 Å². The van der Waals surface area contributed by atoms with Crippen molar-refractivity contribution in [3.05, 3.63) is 34.2 Å². The predicted octanol–water partition coefficient (Wildman–Crippen LogP) is 2.93. The molecule has 1 aromatic heterocycles. The lowest BCUT2D eigenvalue weighted by Gasteiger charge is -2.38. The maximum absolute atomic E-state index is 13.4. The molecular formula is C16H21BrFN7O2S. The molecule has 1 aliphatic heterocycles. The minimum Gasteiger partial charge on any atom is -0.365 e. The van der Waals surface area contributed by atoms with Crippen molar-refractivity contribution < 1.29 is 14.2 Å². The first-order valence-electron chi connectivity index (χ1n) is 8.64. The smallest absolute Gasteiger partial charge is 0.202 e. The number of hydroxylamine groups is 1. The summed E-state index contributed by atoms with van der Waals surface area (Å²) in [5.41, 5.74) is 2.65. The molecule has 1 aliphatic rings. The van der Waals surface area contributed by atoms with Gasteiger partial charge in [-0.1, -0.05) is 0 Å². The molecule has 1 fully saturated rings. The number of hydrogen-bond donors (Lipinski definition) is 4. The topological polar surface area (TPSA) is 111 Å². The van der Waals surface area contributed by atoms with Gasteiger partial charge in [0, 0.05) is 43.7 Å². The van der Waals surface area contributed by atoms with Gasteiger partial charge in [0.15, 0.2) is 11.5 Å². The minimum absolute atomic E-state index is 0.0363. The molecule has 0 saturated carbocycles. The molecule has 0 radical (unpaired) electrons. The van der Waals surface area contributed by atoms with Crippen molar-refractivity contribution in [2.24, 2.45) is 10.9 Å². The largest absolute Gasteiger partial charge is 0.365 e. The SMILES string of the molecule is CC(C)NSN1CC(CNc2nonc2C(=Nc2ccc(F)c(Br)c2)NO)C1. The van der Waals surface area contributed by atoms with Crippen molar-refractivity contribution in [2.75, 3.05) is 25.0 Å². The lowest BCUT2D eigenvalue weighted by molar-refractivity contribution is 0.229. The monoisotopic (exact) mass is 473 g/mol. The van der Waals surface area contributed by atoms with Crippen LogP contribution in [0, 0.1) is 11.7 Å². The van der Waals surface area contributed by atoms with Crippen molar-refractivity contribution in [3.8, 4) is 0 Å². The van der Waals surface area contributed by atoms with Gasteiger partial charge in [-0.25, -0.2) is 23.0 Å². The minimum atomic E-state index is -0.404. The highest BCUT2D eigenvalue weighted by Crippen LogP contribution is 2.25. The van der Waals surface area contributed by atoms with Crippen LogP contribution in [0.3, 0.4) is 0 Å². The second-order valence-corrected chi connectivity index (χ2v) is 8.38. The van der Waals surface area contributed by atoms with E-state index in [1.807, 2.05) is 5.48 Å². The summed E-state index contributed by atoms with van der Waals surface area (Å²) in [5, 5.41) is 20.3. The molecule has 0 aliphatic carbocycles. The van der Waals surface area contributed by atoms with Gasteiger partial charge in [0.2, 0.25) is 5.82 Å². The summed E-state index contributed by atoms with van der Waals surface area (Å²) in [7, 11) is 0. The lowest BCUT2D eigenvalue weighted by Crippen LogP contribution is -2.47. The Morgan fingerprint density at radius 3 is 2.93 bits per heavy atom. The third-order valence-electron chi connectivity index (χ3n) is 3.86. The van der Waals surface area contributed by atoms with Crippen molar-refractivity contribution in [1.29, 1.82) is 0 Å². The first kappa shape index (κ1) is 21.0. The number of aliphatic imine (C=N–C) groups is 1. The van der Waals surface area contributed by atoms with E-state index in [0.29, 0.717) is 30.0 Å². The Hall–Kier alpha value is -1.73. The van der Waals surface area contributed by atoms with Gasteiger partial charge in [0.1, 0.15) is 5.82 Å². The van der Waals surface area contributed by atoms with Crippen LogP contribution in [0.25, 0.3) is 0 Å². The predicted molar refractivity (Wildman–Crippen MR) is 109 cm³/mol. The van der Waals surface area contributed by atoms with E-state index in [1.54, 1.807) is 12.1 Å². The summed E-state index contributed by atoms with van der Waals surface area (Å²) in [6, 6.07) is 4.66. The molecule has 2 heterocycles. The van der Waals surface area contributed by atoms with E-state index in [0.717, 1.165) is 13.1 Å². The normalized spacial score (nSPS) is 15.7. The highest BCUT2D eigenvalue weighted by atomic mass is 79.9. The summed E-state index contributed by atoms with van der Waals surface area (Å²) in [5.74, 6) is 0.461. The zero-order valence-electron chi connectivity index (χ0n) is 15.3. The molecular weight excluding hydrogens is 453 g/mol. The van der Waals surface area contributed by atoms with Crippen LogP contribution in [0.15, 0.2) is 32.3 Å². The van der Waals surface area contributed by atoms with E-state index in [1.165, 1.54) is 18.2 Å². The highest BCUT2D eigenvalue weighted by molar-refractivity contribution is 9.10. The van der Waals surface area contributed by atoms with Gasteiger partial charge < -0.3 is 5.32 Å². The fraction of sp³-hybridized carbons (Fsp3) is 0.438. The van der Waals surface area contributed by atoms with Gasteiger partial charge in [-0.15, -0.1) is 0 Å². The molecule has 4 N–H and O–H groups in total. The molecule has 0 spiro atoms. The quantitative estimate of drug-likeness (QED) is 0.199. The Kier molecular flexibility index (Phi) is 7.24. The Morgan fingerprint density at radius 1 is 1.46 bits per heavy atom. The van der Waals surface area contributed by atoms with Crippen LogP contribution in [0.5, 0.6) is 0 Å². The molecule has 2 aromatic rings. The van der Waals surface area contributed by atoms with Crippen LogP contribution in [0.1, 0.15) is 19.5 Å². The molecule has 0 unspecified atom stereocenters. The van der Waals surface area contributed by atoms with Crippen LogP contribution < -0.4 is 15.5 Å². The maximum atomic E-state index is 13.4. The first-order chi connectivity index (χ1) is 13.5. The average molecular weight is 474 g/mol. The van der Waals surface area contributed by atoms with Gasteiger partial charge in [-0.3, -0.25) is 10.7 Å². The number of amidine groups is 1. The molecule has 1 aromatic carbocycles. The Morgan fingerprint density at radius 2 is 2.25 bits per heavy atom. The molecule has 9 nitrogen and oxygen atoms in total. The van der Waals surface area contributed by atoms with E-state index in [2.05, 4.69) is 59.4 Å². The number of benzene rings is 1. The number of aromatic nitrogens is 2. The Balaban J connectivity index is 1.59. The van der Waals surface area contributed by atoms with E-state index >= 15 is 0 Å². The van der Waals surface area contributed by atoms with Crippen molar-refractivity contribution in [1.82, 2.24) is 24.8 Å². The number of halogens is 2. The summed E-state index contributed by atoms with van der Waals surface area (Å²) in [4.78, 5) is 4.23. The van der Waals surface area contributed by atoms with Crippen LogP contribution in [0.2, 0.25) is 0 Å². The molecule has 0 amide bonds. The number of anilines is 1. The Bertz CT molecular complexity index is 829. The summed E-state index contributed by atoms with van der Waals surface area (Å²) < 4.78 is 24.0. The highest BCUT2D eigenvalue weighted by Gasteiger charge is 2.28. The zero-order chi connectivity index (χ0) is 20.1. The van der Waals surface area contributed by atoms with Gasteiger partial charge >= 0.3 is 0 Å². The molecule has 28 heavy (non-hydrogen) atoms. The number of rotatable bonds is 8. The third-order valence-corrected chi connectivity index (χ3v) is 5.60. The maximum Gasteiger partial charge on any atom is 0.202 e. The van der Waals surface area contributed by atoms with Gasteiger partial charge in [-0.2, -0.15) is 0 Å². The zero-order valence-corrected chi connectivity index (χ0v) is 17.7. The molecule has 1 saturated heterocycles. The second-order valence-electron chi connectivity index (χ2n) is 6.59. The van der Waals surface area contributed by atoms with E-state index in [-0.39, 0.29) is 16.0 Å². The van der Waals surface area contributed by atoms with Gasteiger partial charge in [0.05, 0.1) is 10.2 Å². The standard InChI is InChI=1S/C16H21BrFN7O2S/c1-9(2)24-28-25-7-10(8-25)6-19-15-14(22-27-23-15)16(21-26)20-11-3-4-13(18)12(17)5-11/h3-5,9-10,24,26H,6-8H2,1-2H3,(H,19,23)(H,20,21). The van der Waals surface area contributed by atoms with E-state index < -0.39 is 5.82 Å². The second kappa shape index (κ2) is 9.65. The molecule has 12 heteroatoms. The van der Waals surface area contributed by atoms with Crippen LogP contribution >= 0.6 is 28.1 Å². The molecule has 152 valence electrons. The van der Waals surface area contributed by atoms with Crippen LogP contribution in [-0.4, -0.2) is 51.3 Å². The first-order valence-corrected chi connectivity index (χ1v) is 10.2. The van der Waals surface area contributed by atoms with Gasteiger partial charge in [0.25, 0.3) is 0 Å². The number of nitrogens with zero attached hydrogens (tertiary/aromatic N) is 4. The molecule has 0 bridgehead atoms. The summed E-state index contributed by atoms with van der Waals surface area (Å²) in [6.07, 6.45) is 0. The molecule has 0 atom stereocenters. The summed E-state index contributed by atoms with van der Waals surface area (Å²) >= 11 is 4.73. The number of hydrogen-bond acceptors (Lipinski definition) is 9.